The van der Waals surface area contributed by atoms with Crippen LogP contribution in [-0.4, -0.2) is 11.1 Å². The zero-order valence-corrected chi connectivity index (χ0v) is 12.2. The van der Waals surface area contributed by atoms with Gasteiger partial charge in [-0.05, 0) is 29.8 Å². The zero-order chi connectivity index (χ0) is 13.1. The number of hydrogen-bond acceptors (Lipinski definition) is 3. The Morgan fingerprint density at radius 3 is 2.89 bits per heavy atom. The van der Waals surface area contributed by atoms with Crippen LogP contribution in [0.3, 0.4) is 0 Å². The van der Waals surface area contributed by atoms with E-state index in [9.17, 15) is 9.18 Å². The molecule has 0 aliphatic rings. The second-order valence-corrected chi connectivity index (χ2v) is 6.29. The third kappa shape index (κ3) is 3.34. The quantitative estimate of drug-likeness (QED) is 0.819. The maximum Gasteiger partial charge on any atom is 0.345 e. The number of rotatable bonds is 4. The number of carboxylic acid groups (broad SMARTS) is 1. The van der Waals surface area contributed by atoms with Crippen LogP contribution in [0.25, 0.3) is 0 Å². The van der Waals surface area contributed by atoms with Crippen molar-refractivity contribution in [1.29, 1.82) is 0 Å². The summed E-state index contributed by atoms with van der Waals surface area (Å²) >= 11 is 6.04. The van der Waals surface area contributed by atoms with Gasteiger partial charge in [0.15, 0.2) is 0 Å². The van der Waals surface area contributed by atoms with Gasteiger partial charge in [-0.3, -0.25) is 0 Å². The van der Waals surface area contributed by atoms with E-state index in [1.165, 1.54) is 35.2 Å². The summed E-state index contributed by atoms with van der Waals surface area (Å²) in [5.74, 6) is -0.599. The van der Waals surface area contributed by atoms with Gasteiger partial charge in [-0.25, -0.2) is 9.18 Å². The number of carbonyl (C=O) groups is 1. The summed E-state index contributed by atoms with van der Waals surface area (Å²) in [5.41, 5.74) is 0.850. The van der Waals surface area contributed by atoms with Crippen molar-refractivity contribution in [2.45, 2.75) is 10.6 Å². The Morgan fingerprint density at radius 1 is 1.44 bits per heavy atom. The van der Waals surface area contributed by atoms with Crippen LogP contribution < -0.4 is 0 Å². The lowest BCUT2D eigenvalue weighted by Gasteiger charge is -2.03. The molecule has 6 heteroatoms. The first-order valence-corrected chi connectivity index (χ1v) is 7.60. The molecular formula is C12H8BrFO2S2. The summed E-state index contributed by atoms with van der Waals surface area (Å²) in [6.45, 7) is 0. The maximum absolute atomic E-state index is 13.1. The highest BCUT2D eigenvalue weighted by Crippen LogP contribution is 2.30. The van der Waals surface area contributed by atoms with Crippen molar-refractivity contribution in [2.24, 2.45) is 0 Å². The fourth-order valence-corrected chi connectivity index (χ4v) is 3.75. The minimum atomic E-state index is -0.918. The van der Waals surface area contributed by atoms with Gasteiger partial charge in [0.05, 0.1) is 0 Å². The van der Waals surface area contributed by atoms with E-state index in [0.717, 1.165) is 14.9 Å². The molecule has 2 nitrogen and oxygen atoms in total. The van der Waals surface area contributed by atoms with Crippen molar-refractivity contribution < 1.29 is 14.3 Å². The summed E-state index contributed by atoms with van der Waals surface area (Å²) in [7, 11) is 0. The molecule has 0 saturated carbocycles. The molecule has 0 fully saturated rings. The number of halogens is 2. The summed E-state index contributed by atoms with van der Waals surface area (Å²) in [4.78, 5) is 11.9. The number of thiophene rings is 1. The van der Waals surface area contributed by atoms with E-state index < -0.39 is 5.97 Å². The van der Waals surface area contributed by atoms with Crippen LogP contribution in [0.15, 0.2) is 39.0 Å². The minimum Gasteiger partial charge on any atom is -0.477 e. The molecule has 1 N–H and O–H groups in total. The number of aromatic carboxylic acids is 1. The molecule has 0 spiro atoms. The fourth-order valence-electron chi connectivity index (χ4n) is 1.32. The van der Waals surface area contributed by atoms with E-state index in [4.69, 9.17) is 5.11 Å². The average molecular weight is 347 g/mol. The van der Waals surface area contributed by atoms with Crippen LogP contribution in [0, 0.1) is 5.82 Å². The highest BCUT2D eigenvalue weighted by atomic mass is 79.9. The molecular weight excluding hydrogens is 339 g/mol. The zero-order valence-electron chi connectivity index (χ0n) is 9.02. The Morgan fingerprint density at radius 2 is 2.22 bits per heavy atom. The maximum atomic E-state index is 13.1. The van der Waals surface area contributed by atoms with Crippen LogP contribution in [0.1, 0.15) is 15.2 Å². The highest BCUT2D eigenvalue weighted by molar-refractivity contribution is 9.10. The van der Waals surface area contributed by atoms with E-state index in [-0.39, 0.29) is 5.82 Å². The fraction of sp³-hybridized carbons (Fsp3) is 0.0833. The summed E-state index contributed by atoms with van der Waals surface area (Å²) in [5, 5.41) is 10.6. The molecule has 0 unspecified atom stereocenters. The van der Waals surface area contributed by atoms with E-state index in [1.807, 2.05) is 0 Å². The molecule has 0 bridgehead atoms. The summed E-state index contributed by atoms with van der Waals surface area (Å²) in [6, 6.07) is 6.17. The number of carboxylic acids is 1. The predicted molar refractivity (Wildman–Crippen MR) is 74.9 cm³/mol. The second kappa shape index (κ2) is 5.86. The molecule has 0 saturated heterocycles. The van der Waals surface area contributed by atoms with Crippen molar-refractivity contribution in [3.05, 3.63) is 50.4 Å². The lowest BCUT2D eigenvalue weighted by Crippen LogP contribution is -1.90. The van der Waals surface area contributed by atoms with E-state index in [2.05, 4.69) is 15.9 Å². The molecule has 2 aromatic rings. The number of benzene rings is 1. The standard InChI is InChI=1S/C12H8BrFO2S2/c13-10-2-1-8(14)3-7(10)5-17-9-4-11(12(15)16)18-6-9/h1-4,6H,5H2,(H,15,16). The molecule has 0 aliphatic heterocycles. The van der Waals surface area contributed by atoms with Gasteiger partial charge in [0.1, 0.15) is 10.7 Å². The third-order valence-electron chi connectivity index (χ3n) is 2.19. The lowest BCUT2D eigenvalue weighted by atomic mass is 10.2. The SMILES string of the molecule is O=C(O)c1cc(SCc2cc(F)ccc2Br)cs1. The van der Waals surface area contributed by atoms with Crippen LogP contribution in [0.4, 0.5) is 4.39 Å². The largest absolute Gasteiger partial charge is 0.477 e. The number of hydrogen-bond donors (Lipinski definition) is 1. The van der Waals surface area contributed by atoms with Gasteiger partial charge in [-0.1, -0.05) is 15.9 Å². The minimum absolute atomic E-state index is 0.273. The van der Waals surface area contributed by atoms with Gasteiger partial charge >= 0.3 is 5.97 Å². The predicted octanol–water partition coefficient (Wildman–Crippen LogP) is 4.64. The van der Waals surface area contributed by atoms with Gasteiger partial charge in [-0.15, -0.1) is 23.1 Å². The van der Waals surface area contributed by atoms with Crippen molar-refractivity contribution >= 4 is 45.0 Å². The van der Waals surface area contributed by atoms with Crippen molar-refractivity contribution in [3.8, 4) is 0 Å². The Kier molecular flexibility index (Phi) is 4.42. The van der Waals surface area contributed by atoms with Crippen LogP contribution in [0.2, 0.25) is 0 Å². The molecule has 94 valence electrons. The Hall–Kier alpha value is -0.850. The average Bonchev–Trinajstić information content (AvgIpc) is 2.79. The molecule has 2 rings (SSSR count). The molecule has 1 aromatic carbocycles. The summed E-state index contributed by atoms with van der Waals surface area (Å²) in [6.07, 6.45) is 0. The highest BCUT2D eigenvalue weighted by Gasteiger charge is 2.08. The van der Waals surface area contributed by atoms with Gasteiger partial charge < -0.3 is 5.11 Å². The van der Waals surface area contributed by atoms with Crippen molar-refractivity contribution in [3.63, 3.8) is 0 Å². The first-order chi connectivity index (χ1) is 8.56. The van der Waals surface area contributed by atoms with Gasteiger partial charge in [0.25, 0.3) is 0 Å². The van der Waals surface area contributed by atoms with Crippen molar-refractivity contribution in [2.75, 3.05) is 0 Å². The van der Waals surface area contributed by atoms with E-state index in [0.29, 0.717) is 10.6 Å². The third-order valence-corrected chi connectivity index (χ3v) is 5.05. The molecule has 0 aliphatic carbocycles. The first-order valence-electron chi connectivity index (χ1n) is 4.95. The topological polar surface area (TPSA) is 37.3 Å². The van der Waals surface area contributed by atoms with Crippen LogP contribution in [0.5, 0.6) is 0 Å². The normalized spacial score (nSPS) is 10.6. The number of thioether (sulfide) groups is 1. The lowest BCUT2D eigenvalue weighted by molar-refractivity contribution is 0.0702. The van der Waals surface area contributed by atoms with E-state index >= 15 is 0 Å². The van der Waals surface area contributed by atoms with E-state index in [1.54, 1.807) is 17.5 Å². The molecule has 18 heavy (non-hydrogen) atoms. The Bertz CT molecular complexity index is 583. The smallest absolute Gasteiger partial charge is 0.345 e. The Labute approximate surface area is 120 Å². The monoisotopic (exact) mass is 346 g/mol. The van der Waals surface area contributed by atoms with Gasteiger partial charge in [-0.2, -0.15) is 0 Å². The molecule has 0 amide bonds. The molecule has 0 atom stereocenters. The van der Waals surface area contributed by atoms with Gasteiger partial charge in [0.2, 0.25) is 0 Å². The van der Waals surface area contributed by atoms with Crippen molar-refractivity contribution in [1.82, 2.24) is 0 Å². The second-order valence-electron chi connectivity index (χ2n) is 3.48. The van der Waals surface area contributed by atoms with Crippen LogP contribution in [-0.2, 0) is 5.75 Å². The van der Waals surface area contributed by atoms with Crippen LogP contribution >= 0.6 is 39.0 Å². The molecule has 0 radical (unpaired) electrons. The molecule has 1 aromatic heterocycles. The first kappa shape index (κ1) is 13.6. The molecule has 1 heterocycles. The summed E-state index contributed by atoms with van der Waals surface area (Å²) < 4.78 is 13.9. The Balaban J connectivity index is 2.06. The van der Waals surface area contributed by atoms with Gasteiger partial charge in [0, 0.05) is 20.5 Å².